The second-order valence-corrected chi connectivity index (χ2v) is 5.00. The third-order valence-corrected chi connectivity index (χ3v) is 3.58. The highest BCUT2D eigenvalue weighted by atomic mass is 16.4. The number of likely N-dealkylation sites (tertiary alicyclic amines) is 1. The van der Waals surface area contributed by atoms with Crippen molar-refractivity contribution in [1.29, 1.82) is 0 Å². The van der Waals surface area contributed by atoms with Crippen molar-refractivity contribution >= 4 is 17.7 Å². The molecule has 0 saturated carbocycles. The number of carboxylic acid groups (broad SMARTS) is 1. The van der Waals surface area contributed by atoms with E-state index in [4.69, 9.17) is 5.11 Å². The molecule has 19 heavy (non-hydrogen) atoms. The van der Waals surface area contributed by atoms with Gasteiger partial charge in [-0.3, -0.25) is 4.79 Å². The quantitative estimate of drug-likeness (QED) is 0.858. The molecule has 2 amide bonds. The molecule has 2 rings (SSSR count). The molecule has 1 fully saturated rings. The predicted molar refractivity (Wildman–Crippen MR) is 72.3 cm³/mol. The summed E-state index contributed by atoms with van der Waals surface area (Å²) in [4.78, 5) is 24.4. The molecule has 0 aliphatic carbocycles. The second kappa shape index (κ2) is 5.30. The summed E-state index contributed by atoms with van der Waals surface area (Å²) in [6.45, 7) is 4.78. The molecule has 1 aromatic rings. The zero-order valence-electron chi connectivity index (χ0n) is 11.1. The van der Waals surface area contributed by atoms with Crippen LogP contribution < -0.4 is 5.32 Å². The maximum Gasteiger partial charge on any atom is 0.321 e. The van der Waals surface area contributed by atoms with Crippen LogP contribution in [0.15, 0.2) is 18.2 Å². The van der Waals surface area contributed by atoms with Gasteiger partial charge in [0.1, 0.15) is 0 Å². The zero-order valence-corrected chi connectivity index (χ0v) is 11.1. The summed E-state index contributed by atoms with van der Waals surface area (Å²) < 4.78 is 0. The van der Waals surface area contributed by atoms with Crippen molar-refractivity contribution in [2.24, 2.45) is 5.92 Å². The first-order valence-electron chi connectivity index (χ1n) is 6.33. The number of carbonyl (C=O) groups excluding carboxylic acids is 1. The Kier molecular flexibility index (Phi) is 3.74. The molecule has 0 spiro atoms. The third-order valence-electron chi connectivity index (χ3n) is 3.58. The van der Waals surface area contributed by atoms with E-state index in [9.17, 15) is 9.59 Å². The van der Waals surface area contributed by atoms with Gasteiger partial charge in [-0.2, -0.15) is 0 Å². The minimum Gasteiger partial charge on any atom is -0.481 e. The fraction of sp³-hybridized carbons (Fsp3) is 0.429. The predicted octanol–water partition coefficient (Wildman–Crippen LogP) is 2.24. The highest BCUT2D eigenvalue weighted by molar-refractivity contribution is 5.90. The molecule has 1 aromatic carbocycles. The standard InChI is InChI=1S/C14H18N2O3/c1-9-3-4-12(7-10(9)2)15-14(19)16-6-5-11(8-16)13(17)18/h3-4,7,11H,5-6,8H2,1-2H3,(H,15,19)(H,17,18). The lowest BCUT2D eigenvalue weighted by Crippen LogP contribution is -2.33. The lowest BCUT2D eigenvalue weighted by molar-refractivity contribution is -0.141. The van der Waals surface area contributed by atoms with Crippen LogP contribution in [-0.2, 0) is 4.79 Å². The second-order valence-electron chi connectivity index (χ2n) is 5.00. The van der Waals surface area contributed by atoms with Crippen molar-refractivity contribution in [1.82, 2.24) is 4.90 Å². The molecule has 102 valence electrons. The topological polar surface area (TPSA) is 69.6 Å². The van der Waals surface area contributed by atoms with Gasteiger partial charge in [-0.05, 0) is 43.5 Å². The smallest absolute Gasteiger partial charge is 0.321 e. The number of urea groups is 1. The van der Waals surface area contributed by atoms with Gasteiger partial charge in [0.25, 0.3) is 0 Å². The summed E-state index contributed by atoms with van der Waals surface area (Å²) in [5.41, 5.74) is 3.03. The van der Waals surface area contributed by atoms with Crippen molar-refractivity contribution < 1.29 is 14.7 Å². The summed E-state index contributed by atoms with van der Waals surface area (Å²) in [5.74, 6) is -1.27. The Morgan fingerprint density at radius 3 is 2.63 bits per heavy atom. The molecule has 0 radical (unpaired) electrons. The SMILES string of the molecule is Cc1ccc(NC(=O)N2CCC(C(=O)O)C2)cc1C. The number of nitrogens with one attached hydrogen (secondary N) is 1. The Hall–Kier alpha value is -2.04. The van der Waals surface area contributed by atoms with Crippen LogP contribution in [0.4, 0.5) is 10.5 Å². The van der Waals surface area contributed by atoms with Gasteiger partial charge < -0.3 is 15.3 Å². The van der Waals surface area contributed by atoms with E-state index < -0.39 is 11.9 Å². The van der Waals surface area contributed by atoms with Crippen molar-refractivity contribution in [2.45, 2.75) is 20.3 Å². The van der Waals surface area contributed by atoms with E-state index in [0.717, 1.165) is 11.3 Å². The van der Waals surface area contributed by atoms with Gasteiger partial charge in [0, 0.05) is 18.8 Å². The van der Waals surface area contributed by atoms with Gasteiger partial charge in [0.2, 0.25) is 0 Å². The maximum absolute atomic E-state index is 12.0. The van der Waals surface area contributed by atoms with E-state index in [1.165, 1.54) is 5.56 Å². The Morgan fingerprint density at radius 1 is 1.32 bits per heavy atom. The van der Waals surface area contributed by atoms with Crippen LogP contribution in [0.2, 0.25) is 0 Å². The van der Waals surface area contributed by atoms with Crippen LogP contribution in [0.3, 0.4) is 0 Å². The lowest BCUT2D eigenvalue weighted by Gasteiger charge is -2.17. The first-order chi connectivity index (χ1) is 8.97. The first kappa shape index (κ1) is 13.4. The number of rotatable bonds is 2. The highest BCUT2D eigenvalue weighted by Crippen LogP contribution is 2.19. The van der Waals surface area contributed by atoms with E-state index in [1.807, 2.05) is 32.0 Å². The Labute approximate surface area is 112 Å². The molecule has 5 heteroatoms. The van der Waals surface area contributed by atoms with E-state index in [1.54, 1.807) is 4.90 Å². The molecule has 0 bridgehead atoms. The molecular weight excluding hydrogens is 244 g/mol. The fourth-order valence-corrected chi connectivity index (χ4v) is 2.17. The molecule has 1 heterocycles. The van der Waals surface area contributed by atoms with Crippen LogP contribution in [-0.4, -0.2) is 35.1 Å². The molecule has 1 aliphatic heterocycles. The number of carbonyl (C=O) groups is 2. The van der Waals surface area contributed by atoms with Crippen LogP contribution in [0.5, 0.6) is 0 Å². The molecule has 2 N–H and O–H groups in total. The van der Waals surface area contributed by atoms with Gasteiger partial charge in [-0.25, -0.2) is 4.79 Å². The molecule has 0 aromatic heterocycles. The number of carboxylic acids is 1. The average Bonchev–Trinajstić information content (AvgIpc) is 2.83. The third kappa shape index (κ3) is 3.05. The summed E-state index contributed by atoms with van der Waals surface area (Å²) >= 11 is 0. The summed E-state index contributed by atoms with van der Waals surface area (Å²) in [6, 6.07) is 5.49. The minimum atomic E-state index is -0.832. The number of aliphatic carboxylic acids is 1. The number of aryl methyl sites for hydroxylation is 2. The lowest BCUT2D eigenvalue weighted by atomic mass is 10.1. The van der Waals surface area contributed by atoms with Crippen molar-refractivity contribution in [2.75, 3.05) is 18.4 Å². The fourth-order valence-electron chi connectivity index (χ4n) is 2.17. The van der Waals surface area contributed by atoms with Gasteiger partial charge in [0.15, 0.2) is 0 Å². The molecule has 1 atom stereocenters. The van der Waals surface area contributed by atoms with Crippen LogP contribution in [0, 0.1) is 19.8 Å². The molecule has 5 nitrogen and oxygen atoms in total. The number of hydrogen-bond donors (Lipinski definition) is 2. The number of hydrogen-bond acceptors (Lipinski definition) is 2. The average molecular weight is 262 g/mol. The molecule has 1 aliphatic rings. The minimum absolute atomic E-state index is 0.230. The summed E-state index contributed by atoms with van der Waals surface area (Å²) in [6.07, 6.45) is 0.523. The Morgan fingerprint density at radius 2 is 2.05 bits per heavy atom. The van der Waals surface area contributed by atoms with Crippen LogP contribution in [0.25, 0.3) is 0 Å². The Balaban J connectivity index is 1.98. The maximum atomic E-state index is 12.0. The summed E-state index contributed by atoms with van der Waals surface area (Å²) in [7, 11) is 0. The molecule has 1 saturated heterocycles. The van der Waals surface area contributed by atoms with E-state index in [2.05, 4.69) is 5.32 Å². The van der Waals surface area contributed by atoms with E-state index in [0.29, 0.717) is 13.0 Å². The number of amides is 2. The van der Waals surface area contributed by atoms with Gasteiger partial charge in [0.05, 0.1) is 5.92 Å². The van der Waals surface area contributed by atoms with E-state index >= 15 is 0 Å². The molecular formula is C14H18N2O3. The van der Waals surface area contributed by atoms with Crippen molar-refractivity contribution in [3.8, 4) is 0 Å². The summed E-state index contributed by atoms with van der Waals surface area (Å²) in [5, 5.41) is 11.7. The zero-order chi connectivity index (χ0) is 14.0. The van der Waals surface area contributed by atoms with Gasteiger partial charge in [-0.15, -0.1) is 0 Å². The largest absolute Gasteiger partial charge is 0.481 e. The number of benzene rings is 1. The van der Waals surface area contributed by atoms with E-state index in [-0.39, 0.29) is 12.6 Å². The number of nitrogens with zero attached hydrogens (tertiary/aromatic N) is 1. The first-order valence-corrected chi connectivity index (χ1v) is 6.33. The van der Waals surface area contributed by atoms with Gasteiger partial charge in [-0.1, -0.05) is 6.07 Å². The normalized spacial score (nSPS) is 18.4. The van der Waals surface area contributed by atoms with Crippen LogP contribution >= 0.6 is 0 Å². The number of anilines is 1. The Bertz CT molecular complexity index is 513. The van der Waals surface area contributed by atoms with Gasteiger partial charge >= 0.3 is 12.0 Å². The van der Waals surface area contributed by atoms with Crippen molar-refractivity contribution in [3.63, 3.8) is 0 Å². The van der Waals surface area contributed by atoms with Crippen LogP contribution in [0.1, 0.15) is 17.5 Å². The van der Waals surface area contributed by atoms with Crippen molar-refractivity contribution in [3.05, 3.63) is 29.3 Å². The molecule has 1 unspecified atom stereocenters. The monoisotopic (exact) mass is 262 g/mol. The highest BCUT2D eigenvalue weighted by Gasteiger charge is 2.30.